The van der Waals surface area contributed by atoms with Crippen LogP contribution in [0.25, 0.3) is 11.2 Å². The maximum absolute atomic E-state index is 10.4. The van der Waals surface area contributed by atoms with Gasteiger partial charge in [-0.2, -0.15) is 0 Å². The van der Waals surface area contributed by atoms with E-state index in [1.165, 1.54) is 44.0 Å². The third-order valence-electron chi connectivity index (χ3n) is 10.2. The molecule has 0 radical (unpaired) electrons. The Bertz CT molecular complexity index is 1270. The summed E-state index contributed by atoms with van der Waals surface area (Å²) in [4.78, 5) is 8.97. The van der Waals surface area contributed by atoms with Crippen LogP contribution in [0, 0.1) is 22.7 Å². The van der Waals surface area contributed by atoms with Gasteiger partial charge in [0.05, 0.1) is 13.2 Å². The number of fused-ring (bicyclic) bond motifs is 2. The molecule has 1 aliphatic heterocycles. The Hall–Kier alpha value is -2.33. The van der Waals surface area contributed by atoms with E-state index >= 15 is 0 Å². The number of hydrogen-bond donors (Lipinski definition) is 4. The van der Waals surface area contributed by atoms with Crippen molar-refractivity contribution in [3.05, 3.63) is 36.0 Å². The van der Waals surface area contributed by atoms with Crippen LogP contribution >= 0.6 is 0 Å². The Labute approximate surface area is 231 Å². The van der Waals surface area contributed by atoms with Gasteiger partial charge in [-0.05, 0) is 61.7 Å². The van der Waals surface area contributed by atoms with Crippen molar-refractivity contribution >= 4 is 17.0 Å². The Balaban J connectivity index is 1.28. The Morgan fingerprint density at radius 3 is 2.74 bits per heavy atom. The minimum atomic E-state index is -1.21. The summed E-state index contributed by atoms with van der Waals surface area (Å²) in [5, 5.41) is 30.0. The molecular weight excluding hydrogens is 494 g/mol. The predicted molar refractivity (Wildman–Crippen MR) is 149 cm³/mol. The van der Waals surface area contributed by atoms with Crippen molar-refractivity contribution < 1.29 is 24.6 Å². The average molecular weight is 541 g/mol. The summed E-state index contributed by atoms with van der Waals surface area (Å²) in [6, 6.07) is 0. The van der Waals surface area contributed by atoms with Crippen molar-refractivity contribution in [1.29, 1.82) is 0 Å². The monoisotopic (exact) mass is 540 g/mol. The average Bonchev–Trinajstić information content (AvgIpc) is 3.45. The molecule has 1 saturated heterocycles. The maximum atomic E-state index is 10.4. The number of nitrogens with two attached hydrogens (primary N) is 1. The summed E-state index contributed by atoms with van der Waals surface area (Å²) in [6.07, 6.45) is 11.1. The van der Waals surface area contributed by atoms with Crippen LogP contribution in [0.1, 0.15) is 79.4 Å². The Morgan fingerprint density at radius 2 is 2.03 bits per heavy atom. The second-order valence-electron chi connectivity index (χ2n) is 13.0. The summed E-state index contributed by atoms with van der Waals surface area (Å²) >= 11 is 0. The molecule has 214 valence electrons. The molecule has 9 nitrogen and oxygen atoms in total. The number of allylic oxidation sites excluding steroid dienone is 4. The lowest BCUT2D eigenvalue weighted by molar-refractivity contribution is -0.674. The van der Waals surface area contributed by atoms with Gasteiger partial charge in [-0.3, -0.25) is 4.57 Å². The summed E-state index contributed by atoms with van der Waals surface area (Å²) in [5.74, 6) is 1.83. The molecule has 0 aromatic carbocycles. The van der Waals surface area contributed by atoms with Gasteiger partial charge < -0.3 is 25.8 Å². The highest BCUT2D eigenvalue weighted by Gasteiger charge is 2.48. The SMILES string of the molecule is C/C(=C/C[n+]1cnc2c(ncn2[C@@H]2O[C@H](CO)[C@@H](O)[C@H]2O)c1N)CC[C@@]1(C)[C@@H]2CCCC(C)(C)C2=CC[C@@H]1C. The van der Waals surface area contributed by atoms with E-state index in [4.69, 9.17) is 10.5 Å². The molecule has 9 heteroatoms. The third kappa shape index (κ3) is 4.92. The van der Waals surface area contributed by atoms with Gasteiger partial charge in [0.25, 0.3) is 5.82 Å². The smallest absolute Gasteiger partial charge is 0.251 e. The van der Waals surface area contributed by atoms with Crippen LogP contribution in [0.3, 0.4) is 0 Å². The van der Waals surface area contributed by atoms with Crippen molar-refractivity contribution in [2.24, 2.45) is 22.7 Å². The number of nitrogens with zero attached hydrogens (tertiary/aromatic N) is 4. The molecule has 0 bridgehead atoms. The number of nitrogen functional groups attached to an aromatic ring is 1. The molecular formula is C30H46N5O4+. The highest BCUT2D eigenvalue weighted by molar-refractivity contribution is 5.79. The zero-order chi connectivity index (χ0) is 28.1. The molecule has 1 saturated carbocycles. The molecule has 0 unspecified atom stereocenters. The van der Waals surface area contributed by atoms with Crippen LogP contribution < -0.4 is 10.3 Å². The lowest BCUT2D eigenvalue weighted by atomic mass is 9.52. The number of imidazole rings is 1. The number of ether oxygens (including phenoxy) is 1. The van der Waals surface area contributed by atoms with Gasteiger partial charge in [-0.1, -0.05) is 62.4 Å². The molecule has 0 amide bonds. The van der Waals surface area contributed by atoms with Crippen LogP contribution in [0.4, 0.5) is 5.82 Å². The molecule has 5 rings (SSSR count). The standard InChI is InChI=1S/C30H45N5O4/c1-18(10-13-30(5)19(2)8-9-20-21(30)7-6-12-29(20,3)4)11-14-34-16-33-27-23(26(34)31)32-17-35(27)28-25(38)24(37)22(15-36)39-28/h9,11,16-17,19,21-22,24-25,28,31,36-38H,6-8,10,12-15H2,1-5H3/p+1/b18-11-/t19-,21+,22+,24+,25+,28+,30+/m0/s1. The zero-order valence-electron chi connectivity index (χ0n) is 24.0. The summed E-state index contributed by atoms with van der Waals surface area (Å²) < 4.78 is 9.07. The van der Waals surface area contributed by atoms with Crippen LogP contribution in [-0.4, -0.2) is 54.8 Å². The summed E-state index contributed by atoms with van der Waals surface area (Å²) in [5.41, 5.74) is 11.1. The normalized spacial score (nSPS) is 34.8. The van der Waals surface area contributed by atoms with Crippen molar-refractivity contribution in [2.45, 2.75) is 104 Å². The van der Waals surface area contributed by atoms with E-state index in [0.29, 0.717) is 46.2 Å². The fourth-order valence-electron chi connectivity index (χ4n) is 7.21. The van der Waals surface area contributed by atoms with E-state index in [1.54, 1.807) is 16.5 Å². The van der Waals surface area contributed by atoms with Gasteiger partial charge >= 0.3 is 0 Å². The van der Waals surface area contributed by atoms with Crippen molar-refractivity contribution in [2.75, 3.05) is 12.3 Å². The minimum Gasteiger partial charge on any atom is -0.394 e. The first kappa shape index (κ1) is 28.2. The Kier molecular flexibility index (Phi) is 7.65. The van der Waals surface area contributed by atoms with E-state index in [0.717, 1.165) is 6.42 Å². The second-order valence-corrected chi connectivity index (χ2v) is 13.0. The van der Waals surface area contributed by atoms with E-state index in [1.807, 2.05) is 4.57 Å². The molecule has 7 atom stereocenters. The van der Waals surface area contributed by atoms with Gasteiger partial charge in [0, 0.05) is 0 Å². The first-order chi connectivity index (χ1) is 18.5. The van der Waals surface area contributed by atoms with Gasteiger partial charge in [0.15, 0.2) is 11.7 Å². The van der Waals surface area contributed by atoms with E-state index < -0.39 is 31.1 Å². The van der Waals surface area contributed by atoms with Crippen molar-refractivity contribution in [1.82, 2.24) is 14.5 Å². The van der Waals surface area contributed by atoms with Gasteiger partial charge in [-0.15, -0.1) is 0 Å². The van der Waals surface area contributed by atoms with E-state index in [2.05, 4.69) is 56.7 Å². The molecule has 3 aliphatic rings. The molecule has 5 N–H and O–H groups in total. The summed E-state index contributed by atoms with van der Waals surface area (Å²) in [7, 11) is 0. The lowest BCUT2D eigenvalue weighted by Crippen LogP contribution is -2.43. The quantitative estimate of drug-likeness (QED) is 0.313. The predicted octanol–water partition coefficient (Wildman–Crippen LogP) is 3.44. The van der Waals surface area contributed by atoms with Crippen LogP contribution in [0.2, 0.25) is 0 Å². The summed E-state index contributed by atoms with van der Waals surface area (Å²) in [6.45, 7) is 12.2. The molecule has 39 heavy (non-hydrogen) atoms. The second kappa shape index (κ2) is 10.6. The first-order valence-corrected chi connectivity index (χ1v) is 14.5. The van der Waals surface area contributed by atoms with Crippen molar-refractivity contribution in [3.8, 4) is 0 Å². The molecule has 2 aromatic rings. The van der Waals surface area contributed by atoms with Crippen LogP contribution in [0.5, 0.6) is 0 Å². The molecule has 3 heterocycles. The molecule has 2 fully saturated rings. The van der Waals surface area contributed by atoms with Crippen molar-refractivity contribution in [3.63, 3.8) is 0 Å². The number of hydrogen-bond acceptors (Lipinski definition) is 7. The van der Waals surface area contributed by atoms with Crippen LogP contribution in [-0.2, 0) is 11.3 Å². The van der Waals surface area contributed by atoms with E-state index in [9.17, 15) is 15.3 Å². The number of aromatic nitrogens is 4. The zero-order valence-corrected chi connectivity index (χ0v) is 24.0. The van der Waals surface area contributed by atoms with Gasteiger partial charge in [0.1, 0.15) is 24.6 Å². The van der Waals surface area contributed by atoms with E-state index in [-0.39, 0.29) is 0 Å². The highest BCUT2D eigenvalue weighted by atomic mass is 16.6. The molecule has 0 spiro atoms. The lowest BCUT2D eigenvalue weighted by Gasteiger charge is -2.53. The fraction of sp³-hybridized carbons (Fsp3) is 0.700. The van der Waals surface area contributed by atoms with Gasteiger partial charge in [-0.25, -0.2) is 9.55 Å². The maximum Gasteiger partial charge on any atom is 0.251 e. The largest absolute Gasteiger partial charge is 0.394 e. The topological polar surface area (TPSA) is 131 Å². The fourth-order valence-corrected chi connectivity index (χ4v) is 7.21. The Morgan fingerprint density at radius 1 is 1.26 bits per heavy atom. The minimum absolute atomic E-state index is 0.311. The number of anilines is 1. The third-order valence-corrected chi connectivity index (χ3v) is 10.2. The highest BCUT2D eigenvalue weighted by Crippen LogP contribution is 2.58. The number of aliphatic hydroxyl groups is 3. The van der Waals surface area contributed by atoms with Gasteiger partial charge in [0.2, 0.25) is 12.0 Å². The number of aliphatic hydroxyl groups excluding tert-OH is 3. The molecule has 2 aromatic heterocycles. The number of rotatable bonds is 7. The first-order valence-electron chi connectivity index (χ1n) is 14.5. The van der Waals surface area contributed by atoms with Crippen LogP contribution in [0.15, 0.2) is 36.0 Å². The molecule has 2 aliphatic carbocycles.